The highest BCUT2D eigenvalue weighted by Crippen LogP contribution is 2.45. The quantitative estimate of drug-likeness (QED) is 0.231. The number of carboxylic acid groups (broad SMARTS) is 2. The van der Waals surface area contributed by atoms with E-state index in [4.69, 9.17) is 21.7 Å². The second-order valence-electron chi connectivity index (χ2n) is 7.03. The van der Waals surface area contributed by atoms with Gasteiger partial charge in [-0.3, -0.25) is 9.59 Å². The molecular formula is C22H16N4O6S2. The Bertz CT molecular complexity index is 1350. The standard InChI is InChI=1S/C22H16N4O6S2/c23-14-13-15(24)17(19(28)26-12-7-3-10(4-8-12)21(31)32)34-22(13)33-16(14)18(27)25-11-5-1-9(2-6-11)20(29)30/h1-8H,23-24H2,(H,25,27)(H,26,28)(H,29,30)(H,31,32). The van der Waals surface area contributed by atoms with E-state index in [0.717, 1.165) is 22.7 Å². The lowest BCUT2D eigenvalue weighted by Crippen LogP contribution is -2.13. The fourth-order valence-corrected chi connectivity index (χ4v) is 5.51. The van der Waals surface area contributed by atoms with Gasteiger partial charge in [0.1, 0.15) is 9.75 Å². The number of carbonyl (C=O) groups is 4. The molecule has 34 heavy (non-hydrogen) atoms. The number of hydrogen-bond donors (Lipinski definition) is 6. The van der Waals surface area contributed by atoms with E-state index in [2.05, 4.69) is 10.6 Å². The summed E-state index contributed by atoms with van der Waals surface area (Å²) in [4.78, 5) is 47.8. The summed E-state index contributed by atoms with van der Waals surface area (Å²) in [6, 6.07) is 11.3. The summed E-state index contributed by atoms with van der Waals surface area (Å²) in [6.07, 6.45) is 0. The summed E-state index contributed by atoms with van der Waals surface area (Å²) >= 11 is 2.17. The van der Waals surface area contributed by atoms with Crippen molar-refractivity contribution in [2.24, 2.45) is 0 Å². The lowest BCUT2D eigenvalue weighted by molar-refractivity contribution is 0.0686. The topological polar surface area (TPSA) is 185 Å². The van der Waals surface area contributed by atoms with Crippen LogP contribution in [0.15, 0.2) is 48.5 Å². The predicted molar refractivity (Wildman–Crippen MR) is 131 cm³/mol. The zero-order valence-corrected chi connectivity index (χ0v) is 18.8. The molecule has 0 bridgehead atoms. The largest absolute Gasteiger partial charge is 0.478 e. The van der Waals surface area contributed by atoms with E-state index in [9.17, 15) is 19.2 Å². The molecule has 0 atom stereocenters. The molecule has 0 aliphatic carbocycles. The predicted octanol–water partition coefficient (Wildman–Crippen LogP) is 4.03. The van der Waals surface area contributed by atoms with Crippen molar-refractivity contribution in [2.75, 3.05) is 22.1 Å². The Morgan fingerprint density at radius 3 is 1.29 bits per heavy atom. The number of carboxylic acids is 2. The average molecular weight is 497 g/mol. The summed E-state index contributed by atoms with van der Waals surface area (Å²) < 4.78 is 0.591. The average Bonchev–Trinajstić information content (AvgIpc) is 3.31. The van der Waals surface area contributed by atoms with Gasteiger partial charge in [-0.05, 0) is 48.5 Å². The third kappa shape index (κ3) is 4.27. The number of anilines is 4. The molecule has 0 radical (unpaired) electrons. The van der Waals surface area contributed by atoms with Crippen LogP contribution in [0.25, 0.3) is 9.40 Å². The molecule has 172 valence electrons. The third-order valence-corrected chi connectivity index (χ3v) is 7.31. The van der Waals surface area contributed by atoms with E-state index >= 15 is 0 Å². The molecule has 0 unspecified atom stereocenters. The molecule has 2 aromatic heterocycles. The number of nitrogens with two attached hydrogens (primary N) is 2. The molecule has 2 heterocycles. The molecule has 10 nitrogen and oxygen atoms in total. The Morgan fingerprint density at radius 1 is 0.647 bits per heavy atom. The van der Waals surface area contributed by atoms with E-state index < -0.39 is 23.8 Å². The molecule has 2 amide bonds. The summed E-state index contributed by atoms with van der Waals surface area (Å²) in [5.41, 5.74) is 13.6. The Balaban J connectivity index is 1.54. The SMILES string of the molecule is Nc1c(C(=O)Nc2ccc(C(=O)O)cc2)sc2sc(C(=O)Nc3ccc(C(=O)O)cc3)c(N)c12. The molecule has 0 saturated heterocycles. The minimum atomic E-state index is -1.08. The van der Waals surface area contributed by atoms with Gasteiger partial charge in [0.05, 0.1) is 31.9 Å². The maximum Gasteiger partial charge on any atom is 0.335 e. The molecular weight excluding hydrogens is 480 g/mol. The molecule has 4 rings (SSSR count). The zero-order chi connectivity index (χ0) is 24.6. The van der Waals surface area contributed by atoms with E-state index in [0.29, 0.717) is 20.8 Å². The number of amides is 2. The summed E-state index contributed by atoms with van der Waals surface area (Å²) in [7, 11) is 0. The first kappa shape index (κ1) is 22.8. The van der Waals surface area contributed by atoms with Crippen LogP contribution < -0.4 is 22.1 Å². The molecule has 4 aromatic rings. The van der Waals surface area contributed by atoms with Gasteiger partial charge in [-0.25, -0.2) is 9.59 Å². The van der Waals surface area contributed by atoms with E-state index in [-0.39, 0.29) is 32.3 Å². The minimum absolute atomic E-state index is 0.0885. The number of hydrogen-bond acceptors (Lipinski definition) is 8. The maximum absolute atomic E-state index is 12.7. The lowest BCUT2D eigenvalue weighted by Gasteiger charge is -2.06. The highest BCUT2D eigenvalue weighted by atomic mass is 32.2. The van der Waals surface area contributed by atoms with Gasteiger partial charge in [0, 0.05) is 11.4 Å². The summed E-state index contributed by atoms with van der Waals surface area (Å²) in [5, 5.41) is 23.7. The van der Waals surface area contributed by atoms with Crippen molar-refractivity contribution in [3.63, 3.8) is 0 Å². The van der Waals surface area contributed by atoms with Crippen molar-refractivity contribution in [3.8, 4) is 0 Å². The fraction of sp³-hybridized carbons (Fsp3) is 0. The first-order valence-corrected chi connectivity index (χ1v) is 11.2. The van der Waals surface area contributed by atoms with Crippen LogP contribution in [0.5, 0.6) is 0 Å². The second-order valence-corrected chi connectivity index (χ2v) is 9.33. The van der Waals surface area contributed by atoms with Crippen molar-refractivity contribution < 1.29 is 29.4 Å². The van der Waals surface area contributed by atoms with Gasteiger partial charge < -0.3 is 32.3 Å². The van der Waals surface area contributed by atoms with Crippen LogP contribution in [0.4, 0.5) is 22.7 Å². The number of fused-ring (bicyclic) bond motifs is 1. The van der Waals surface area contributed by atoms with E-state index in [1.54, 1.807) is 0 Å². The number of nitrogens with one attached hydrogen (secondary N) is 2. The maximum atomic E-state index is 12.7. The van der Waals surface area contributed by atoms with Crippen molar-refractivity contribution in [1.29, 1.82) is 0 Å². The Morgan fingerprint density at radius 2 is 1.00 bits per heavy atom. The highest BCUT2D eigenvalue weighted by Gasteiger charge is 2.25. The summed E-state index contributed by atoms with van der Waals surface area (Å²) in [5.74, 6) is -3.13. The second kappa shape index (κ2) is 8.84. The van der Waals surface area contributed by atoms with Crippen molar-refractivity contribution in [1.82, 2.24) is 0 Å². The molecule has 0 aliphatic heterocycles. The number of thiophene rings is 2. The Hall–Kier alpha value is -4.42. The normalized spacial score (nSPS) is 10.7. The smallest absolute Gasteiger partial charge is 0.335 e. The van der Waals surface area contributed by atoms with Gasteiger partial charge in [-0.2, -0.15) is 0 Å². The number of nitrogen functional groups attached to an aromatic ring is 2. The Kier molecular flexibility index (Phi) is 5.92. The molecule has 0 aliphatic rings. The van der Waals surface area contributed by atoms with Gasteiger partial charge in [-0.1, -0.05) is 0 Å². The Labute approximate surface area is 199 Å². The van der Waals surface area contributed by atoms with Gasteiger partial charge in [0.25, 0.3) is 11.8 Å². The van der Waals surface area contributed by atoms with Crippen molar-refractivity contribution >= 4 is 78.6 Å². The van der Waals surface area contributed by atoms with Crippen LogP contribution in [-0.2, 0) is 0 Å². The van der Waals surface area contributed by atoms with Gasteiger partial charge >= 0.3 is 11.9 Å². The van der Waals surface area contributed by atoms with Crippen LogP contribution in [0.1, 0.15) is 40.1 Å². The van der Waals surface area contributed by atoms with Crippen molar-refractivity contribution in [3.05, 3.63) is 69.4 Å². The van der Waals surface area contributed by atoms with Crippen LogP contribution in [0, 0.1) is 0 Å². The summed E-state index contributed by atoms with van der Waals surface area (Å²) in [6.45, 7) is 0. The molecule has 2 aromatic carbocycles. The van der Waals surface area contributed by atoms with Gasteiger partial charge in [0.2, 0.25) is 0 Å². The van der Waals surface area contributed by atoms with Gasteiger partial charge in [-0.15, -0.1) is 22.7 Å². The van der Waals surface area contributed by atoms with Crippen LogP contribution in [0.2, 0.25) is 0 Å². The number of carbonyl (C=O) groups excluding carboxylic acids is 2. The molecule has 0 saturated carbocycles. The number of benzene rings is 2. The lowest BCUT2D eigenvalue weighted by atomic mass is 10.2. The zero-order valence-electron chi connectivity index (χ0n) is 17.1. The number of aromatic carboxylic acids is 2. The molecule has 8 N–H and O–H groups in total. The first-order valence-electron chi connectivity index (χ1n) is 9.55. The minimum Gasteiger partial charge on any atom is -0.478 e. The van der Waals surface area contributed by atoms with Crippen LogP contribution in [0.3, 0.4) is 0 Å². The fourth-order valence-electron chi connectivity index (χ4n) is 3.12. The van der Waals surface area contributed by atoms with Gasteiger partial charge in [0.15, 0.2) is 0 Å². The third-order valence-electron chi connectivity index (χ3n) is 4.81. The first-order chi connectivity index (χ1) is 16.2. The monoisotopic (exact) mass is 496 g/mol. The molecule has 0 spiro atoms. The van der Waals surface area contributed by atoms with Crippen LogP contribution in [-0.4, -0.2) is 34.0 Å². The van der Waals surface area contributed by atoms with Crippen molar-refractivity contribution in [2.45, 2.75) is 0 Å². The van der Waals surface area contributed by atoms with E-state index in [1.165, 1.54) is 48.5 Å². The highest BCUT2D eigenvalue weighted by molar-refractivity contribution is 7.40. The number of rotatable bonds is 6. The molecule has 0 fully saturated rings. The van der Waals surface area contributed by atoms with Crippen LogP contribution >= 0.6 is 22.7 Å². The van der Waals surface area contributed by atoms with E-state index in [1.807, 2.05) is 0 Å². The molecule has 12 heteroatoms.